The Labute approximate surface area is 133 Å². The van der Waals surface area contributed by atoms with Crippen LogP contribution >= 0.6 is 11.6 Å². The Morgan fingerprint density at radius 1 is 1.09 bits per heavy atom. The molecule has 1 heterocycles. The van der Waals surface area contributed by atoms with Crippen LogP contribution in [0.4, 0.5) is 0 Å². The first kappa shape index (κ1) is 14.6. The van der Waals surface area contributed by atoms with E-state index in [1.165, 1.54) is 0 Å². The van der Waals surface area contributed by atoms with Gasteiger partial charge in [0, 0.05) is 10.6 Å². The zero-order chi connectivity index (χ0) is 15.5. The quantitative estimate of drug-likeness (QED) is 0.707. The van der Waals surface area contributed by atoms with Crippen LogP contribution in [-0.4, -0.2) is 10.1 Å². The topological polar surface area (TPSA) is 48.2 Å². The van der Waals surface area contributed by atoms with Crippen LogP contribution in [0.2, 0.25) is 5.02 Å². The average molecular weight is 315 g/mol. The molecule has 0 saturated carbocycles. The summed E-state index contributed by atoms with van der Waals surface area (Å²) in [5.41, 5.74) is 2.99. The van der Waals surface area contributed by atoms with E-state index in [9.17, 15) is 0 Å². The summed E-state index contributed by atoms with van der Waals surface area (Å²) >= 11 is 5.99. The fourth-order valence-electron chi connectivity index (χ4n) is 2.09. The predicted octanol–water partition coefficient (Wildman–Crippen LogP) is 4.59. The molecule has 112 valence electrons. The molecule has 0 fully saturated rings. The van der Waals surface area contributed by atoms with Gasteiger partial charge in [0.1, 0.15) is 5.75 Å². The second-order valence-electron chi connectivity index (χ2n) is 5.03. The van der Waals surface area contributed by atoms with Crippen LogP contribution in [0.3, 0.4) is 0 Å². The molecule has 0 aliphatic heterocycles. The van der Waals surface area contributed by atoms with Gasteiger partial charge in [-0.05, 0) is 49.2 Å². The Kier molecular flexibility index (Phi) is 4.11. The molecular weight excluding hydrogens is 300 g/mol. The van der Waals surface area contributed by atoms with Gasteiger partial charge in [0.25, 0.3) is 5.89 Å². The molecule has 0 unspecified atom stereocenters. The number of halogens is 1. The Hall–Kier alpha value is -2.33. The number of benzene rings is 2. The van der Waals surface area contributed by atoms with Crippen molar-refractivity contribution in [1.29, 1.82) is 0 Å². The van der Waals surface area contributed by atoms with Crippen molar-refractivity contribution in [2.75, 3.05) is 0 Å². The summed E-state index contributed by atoms with van der Waals surface area (Å²) in [5, 5.41) is 4.67. The Morgan fingerprint density at radius 2 is 1.91 bits per heavy atom. The Bertz CT molecular complexity index is 799. The molecule has 0 saturated heterocycles. The van der Waals surface area contributed by atoms with E-state index >= 15 is 0 Å². The predicted molar refractivity (Wildman–Crippen MR) is 85.0 cm³/mol. The van der Waals surface area contributed by atoms with Gasteiger partial charge in [-0.25, -0.2) is 0 Å². The summed E-state index contributed by atoms with van der Waals surface area (Å²) in [4.78, 5) is 4.37. The lowest BCUT2D eigenvalue weighted by atomic mass is 10.1. The molecule has 3 aromatic rings. The highest BCUT2D eigenvalue weighted by Gasteiger charge is 2.11. The second-order valence-corrected chi connectivity index (χ2v) is 5.44. The fourth-order valence-corrected chi connectivity index (χ4v) is 2.21. The third-order valence-corrected chi connectivity index (χ3v) is 3.76. The minimum absolute atomic E-state index is 0.246. The number of hydrogen-bond donors (Lipinski definition) is 0. The zero-order valence-electron chi connectivity index (χ0n) is 12.3. The van der Waals surface area contributed by atoms with Crippen LogP contribution in [0.25, 0.3) is 11.5 Å². The third-order valence-electron chi connectivity index (χ3n) is 3.34. The molecule has 3 rings (SSSR count). The number of nitrogens with zero attached hydrogens (tertiary/aromatic N) is 2. The molecule has 0 N–H and O–H groups in total. The van der Waals surface area contributed by atoms with Gasteiger partial charge < -0.3 is 9.26 Å². The SMILES string of the molecule is Cc1cc(OCc2noc(-c3ccccc3C)n2)ccc1Cl. The molecule has 0 spiro atoms. The van der Waals surface area contributed by atoms with Gasteiger partial charge in [-0.1, -0.05) is 35.0 Å². The van der Waals surface area contributed by atoms with Crippen molar-refractivity contribution in [2.45, 2.75) is 20.5 Å². The third kappa shape index (κ3) is 3.12. The van der Waals surface area contributed by atoms with E-state index in [-0.39, 0.29) is 6.61 Å². The minimum Gasteiger partial charge on any atom is -0.485 e. The lowest BCUT2D eigenvalue weighted by molar-refractivity contribution is 0.287. The van der Waals surface area contributed by atoms with Crippen molar-refractivity contribution in [3.05, 3.63) is 64.4 Å². The summed E-state index contributed by atoms with van der Waals surface area (Å²) in [7, 11) is 0. The van der Waals surface area contributed by atoms with E-state index in [1.807, 2.05) is 50.2 Å². The standard InChI is InChI=1S/C17H15ClN2O2/c1-11-5-3-4-6-14(11)17-19-16(20-22-17)10-21-13-7-8-15(18)12(2)9-13/h3-9H,10H2,1-2H3. The van der Waals surface area contributed by atoms with Gasteiger partial charge in [-0.2, -0.15) is 4.98 Å². The summed E-state index contributed by atoms with van der Waals surface area (Å²) in [6.45, 7) is 4.18. The van der Waals surface area contributed by atoms with Crippen LogP contribution in [0.5, 0.6) is 5.75 Å². The van der Waals surface area contributed by atoms with E-state index in [0.717, 1.165) is 22.4 Å². The lowest BCUT2D eigenvalue weighted by Crippen LogP contribution is -1.98. The molecule has 5 heteroatoms. The molecule has 2 aromatic carbocycles. The molecule has 0 aliphatic rings. The van der Waals surface area contributed by atoms with Crippen LogP contribution in [-0.2, 0) is 6.61 Å². The smallest absolute Gasteiger partial charge is 0.258 e. The van der Waals surface area contributed by atoms with Gasteiger partial charge in [0.2, 0.25) is 5.82 Å². The van der Waals surface area contributed by atoms with Crippen molar-refractivity contribution >= 4 is 11.6 Å². The summed E-state index contributed by atoms with van der Waals surface area (Å²) < 4.78 is 11.0. The first-order valence-electron chi connectivity index (χ1n) is 6.91. The van der Waals surface area contributed by atoms with Crippen molar-refractivity contribution in [1.82, 2.24) is 10.1 Å². The van der Waals surface area contributed by atoms with Gasteiger partial charge in [-0.3, -0.25) is 0 Å². The van der Waals surface area contributed by atoms with E-state index in [2.05, 4.69) is 10.1 Å². The number of ether oxygens (including phenoxy) is 1. The molecule has 0 aliphatic carbocycles. The van der Waals surface area contributed by atoms with Crippen molar-refractivity contribution < 1.29 is 9.26 Å². The highest BCUT2D eigenvalue weighted by molar-refractivity contribution is 6.31. The largest absolute Gasteiger partial charge is 0.485 e. The first-order valence-corrected chi connectivity index (χ1v) is 7.29. The lowest BCUT2D eigenvalue weighted by Gasteiger charge is -2.05. The highest BCUT2D eigenvalue weighted by Crippen LogP contribution is 2.23. The Morgan fingerprint density at radius 3 is 2.68 bits per heavy atom. The number of rotatable bonds is 4. The van der Waals surface area contributed by atoms with Crippen molar-refractivity contribution in [2.24, 2.45) is 0 Å². The normalized spacial score (nSPS) is 10.7. The maximum atomic E-state index is 5.99. The summed E-state index contributed by atoms with van der Waals surface area (Å²) in [5.74, 6) is 1.74. The number of aryl methyl sites for hydroxylation is 2. The molecule has 4 nitrogen and oxygen atoms in total. The average Bonchev–Trinajstić information content (AvgIpc) is 2.98. The highest BCUT2D eigenvalue weighted by atomic mass is 35.5. The molecule has 1 aromatic heterocycles. The van der Waals surface area contributed by atoms with Gasteiger partial charge in [0.15, 0.2) is 6.61 Å². The summed E-state index contributed by atoms with van der Waals surface area (Å²) in [6, 6.07) is 13.4. The maximum absolute atomic E-state index is 5.99. The Balaban J connectivity index is 1.72. The first-order chi connectivity index (χ1) is 10.6. The van der Waals surface area contributed by atoms with Crippen molar-refractivity contribution in [3.63, 3.8) is 0 Å². The molecule has 0 bridgehead atoms. The van der Waals surface area contributed by atoms with Gasteiger partial charge in [0.05, 0.1) is 0 Å². The fraction of sp³-hybridized carbons (Fsp3) is 0.176. The van der Waals surface area contributed by atoms with E-state index in [0.29, 0.717) is 16.7 Å². The number of hydrogen-bond acceptors (Lipinski definition) is 4. The second kappa shape index (κ2) is 6.20. The molecule has 0 amide bonds. The van der Waals surface area contributed by atoms with E-state index in [1.54, 1.807) is 6.07 Å². The van der Waals surface area contributed by atoms with Gasteiger partial charge >= 0.3 is 0 Å². The van der Waals surface area contributed by atoms with Crippen molar-refractivity contribution in [3.8, 4) is 17.2 Å². The van der Waals surface area contributed by atoms with Crippen LogP contribution in [0, 0.1) is 13.8 Å². The zero-order valence-corrected chi connectivity index (χ0v) is 13.1. The maximum Gasteiger partial charge on any atom is 0.258 e. The molecular formula is C17H15ClN2O2. The summed E-state index contributed by atoms with van der Waals surface area (Å²) in [6.07, 6.45) is 0. The van der Waals surface area contributed by atoms with Gasteiger partial charge in [-0.15, -0.1) is 0 Å². The molecule has 0 atom stereocenters. The van der Waals surface area contributed by atoms with Crippen LogP contribution in [0.15, 0.2) is 47.0 Å². The van der Waals surface area contributed by atoms with Crippen LogP contribution in [0.1, 0.15) is 17.0 Å². The molecule has 22 heavy (non-hydrogen) atoms. The molecule has 0 radical (unpaired) electrons. The van der Waals surface area contributed by atoms with E-state index < -0.39 is 0 Å². The minimum atomic E-state index is 0.246. The number of aromatic nitrogens is 2. The van der Waals surface area contributed by atoms with Crippen LogP contribution < -0.4 is 4.74 Å². The van der Waals surface area contributed by atoms with E-state index in [4.69, 9.17) is 20.9 Å². The monoisotopic (exact) mass is 314 g/mol.